The van der Waals surface area contributed by atoms with Crippen LogP contribution in [-0.4, -0.2) is 24.2 Å². The minimum atomic E-state index is -0.435. The van der Waals surface area contributed by atoms with Crippen molar-refractivity contribution in [2.45, 2.75) is 19.8 Å². The summed E-state index contributed by atoms with van der Waals surface area (Å²) < 4.78 is 4.62. The summed E-state index contributed by atoms with van der Waals surface area (Å²) in [6, 6.07) is 0. The molecular formula is C7H11ClO3. The van der Waals surface area contributed by atoms with Gasteiger partial charge in [0.2, 0.25) is 0 Å². The first kappa shape index (κ1) is 10.4. The van der Waals surface area contributed by atoms with Gasteiger partial charge in [-0.1, -0.05) is 0 Å². The molecule has 0 atom stereocenters. The molecule has 0 aliphatic rings. The summed E-state index contributed by atoms with van der Waals surface area (Å²) >= 11 is 5.15. The number of esters is 1. The van der Waals surface area contributed by atoms with Crippen molar-refractivity contribution in [3.63, 3.8) is 0 Å². The van der Waals surface area contributed by atoms with Gasteiger partial charge in [-0.25, -0.2) is 0 Å². The van der Waals surface area contributed by atoms with Crippen LogP contribution in [0.4, 0.5) is 0 Å². The summed E-state index contributed by atoms with van der Waals surface area (Å²) in [5.74, 6) is -0.456. The maximum atomic E-state index is 10.4. The third-order valence-electron chi connectivity index (χ3n) is 1.05. The van der Waals surface area contributed by atoms with E-state index in [-0.39, 0.29) is 18.3 Å². The number of carbonyl (C=O) groups is 2. The topological polar surface area (TPSA) is 43.4 Å². The van der Waals surface area contributed by atoms with E-state index in [1.165, 1.54) is 6.92 Å². The van der Waals surface area contributed by atoms with Gasteiger partial charge in [0, 0.05) is 6.42 Å². The second-order valence-corrected chi connectivity index (χ2v) is 2.43. The summed E-state index contributed by atoms with van der Waals surface area (Å²) in [4.78, 5) is 20.8. The van der Waals surface area contributed by atoms with Gasteiger partial charge in [0.05, 0.1) is 6.61 Å². The fourth-order valence-corrected chi connectivity index (χ4v) is 0.623. The van der Waals surface area contributed by atoms with Crippen molar-refractivity contribution in [2.75, 3.05) is 12.5 Å². The molecule has 0 bridgehead atoms. The maximum absolute atomic E-state index is 10.4. The highest BCUT2D eigenvalue weighted by atomic mass is 35.5. The van der Waals surface area contributed by atoms with E-state index in [0.29, 0.717) is 12.8 Å². The Hall–Kier alpha value is -0.570. The molecule has 0 unspecified atom stereocenters. The average molecular weight is 179 g/mol. The number of rotatable bonds is 5. The van der Waals surface area contributed by atoms with E-state index in [0.717, 1.165) is 0 Å². The van der Waals surface area contributed by atoms with Gasteiger partial charge in [0.1, 0.15) is 11.7 Å². The molecule has 0 aliphatic heterocycles. The van der Waals surface area contributed by atoms with E-state index >= 15 is 0 Å². The van der Waals surface area contributed by atoms with Gasteiger partial charge in [-0.3, -0.25) is 4.79 Å². The van der Waals surface area contributed by atoms with Crippen molar-refractivity contribution < 1.29 is 14.3 Å². The summed E-state index contributed by atoms with van der Waals surface area (Å²) in [5.41, 5.74) is 0. The van der Waals surface area contributed by atoms with Crippen LogP contribution in [0.15, 0.2) is 0 Å². The van der Waals surface area contributed by atoms with Gasteiger partial charge in [-0.2, -0.15) is 0 Å². The van der Waals surface area contributed by atoms with Gasteiger partial charge in [0.25, 0.3) is 0 Å². The molecule has 0 saturated carbocycles. The van der Waals surface area contributed by atoms with Crippen LogP contribution >= 0.6 is 11.6 Å². The van der Waals surface area contributed by atoms with E-state index < -0.39 is 5.97 Å². The molecule has 11 heavy (non-hydrogen) atoms. The Morgan fingerprint density at radius 2 is 2.09 bits per heavy atom. The Balaban J connectivity index is 3.14. The Morgan fingerprint density at radius 1 is 1.45 bits per heavy atom. The van der Waals surface area contributed by atoms with Crippen LogP contribution in [0.25, 0.3) is 0 Å². The quantitative estimate of drug-likeness (QED) is 0.360. The second-order valence-electron chi connectivity index (χ2n) is 2.16. The smallest absolute Gasteiger partial charge is 0.320 e. The molecule has 0 heterocycles. The van der Waals surface area contributed by atoms with Crippen molar-refractivity contribution in [3.8, 4) is 0 Å². The molecule has 0 amide bonds. The largest absolute Gasteiger partial charge is 0.465 e. The van der Waals surface area contributed by atoms with Crippen LogP contribution in [0.3, 0.4) is 0 Å². The monoisotopic (exact) mass is 178 g/mol. The van der Waals surface area contributed by atoms with Crippen molar-refractivity contribution in [2.24, 2.45) is 0 Å². The molecule has 0 saturated heterocycles. The molecule has 0 radical (unpaired) electrons. The molecular weight excluding hydrogens is 168 g/mol. The average Bonchev–Trinajstić information content (AvgIpc) is 1.97. The van der Waals surface area contributed by atoms with Crippen LogP contribution in [0.2, 0.25) is 0 Å². The maximum Gasteiger partial charge on any atom is 0.320 e. The van der Waals surface area contributed by atoms with Crippen LogP contribution in [0.5, 0.6) is 0 Å². The molecule has 0 spiro atoms. The first-order chi connectivity index (χ1) is 5.16. The Bertz CT molecular complexity index is 145. The minimum Gasteiger partial charge on any atom is -0.465 e. The molecule has 64 valence electrons. The van der Waals surface area contributed by atoms with Gasteiger partial charge in [0.15, 0.2) is 0 Å². The summed E-state index contributed by atoms with van der Waals surface area (Å²) in [6.07, 6.45) is 1.04. The molecule has 0 aliphatic carbocycles. The minimum absolute atomic E-state index is 0.104. The predicted octanol–water partition coefficient (Wildman–Crippen LogP) is 1.14. The first-order valence-electron chi connectivity index (χ1n) is 3.38. The molecule has 0 rings (SSSR count). The highest BCUT2D eigenvalue weighted by Crippen LogP contribution is 1.92. The zero-order valence-corrected chi connectivity index (χ0v) is 7.19. The van der Waals surface area contributed by atoms with Gasteiger partial charge in [-0.15, -0.1) is 11.6 Å². The van der Waals surface area contributed by atoms with Crippen LogP contribution < -0.4 is 0 Å². The number of Topliss-reactive ketones (excluding diaryl/α,β-unsaturated/α-hetero) is 1. The third kappa shape index (κ3) is 7.33. The van der Waals surface area contributed by atoms with Crippen molar-refractivity contribution in [1.29, 1.82) is 0 Å². The summed E-state index contributed by atoms with van der Waals surface area (Å²) in [7, 11) is 0. The van der Waals surface area contributed by atoms with Crippen molar-refractivity contribution in [1.82, 2.24) is 0 Å². The van der Waals surface area contributed by atoms with Gasteiger partial charge < -0.3 is 9.53 Å². The van der Waals surface area contributed by atoms with E-state index in [4.69, 9.17) is 11.6 Å². The third-order valence-corrected chi connectivity index (χ3v) is 1.26. The lowest BCUT2D eigenvalue weighted by atomic mass is 10.2. The summed E-state index contributed by atoms with van der Waals surface area (Å²) in [6.45, 7) is 1.79. The van der Waals surface area contributed by atoms with Crippen LogP contribution in [0.1, 0.15) is 19.8 Å². The lowest BCUT2D eigenvalue weighted by molar-refractivity contribution is -0.141. The SMILES string of the molecule is CC(=O)CCCOC(=O)CCl. The first-order valence-corrected chi connectivity index (χ1v) is 3.91. The number of alkyl halides is 1. The number of hydrogen-bond donors (Lipinski definition) is 0. The number of hydrogen-bond acceptors (Lipinski definition) is 3. The zero-order chi connectivity index (χ0) is 8.69. The molecule has 4 heteroatoms. The van der Waals surface area contributed by atoms with Gasteiger partial charge >= 0.3 is 5.97 Å². The van der Waals surface area contributed by atoms with Crippen LogP contribution in [-0.2, 0) is 14.3 Å². The molecule has 0 fully saturated rings. The Labute approximate surface area is 70.7 Å². The number of ether oxygens (including phenoxy) is 1. The Morgan fingerprint density at radius 3 is 2.55 bits per heavy atom. The second kappa shape index (κ2) is 6.16. The molecule has 0 N–H and O–H groups in total. The van der Waals surface area contributed by atoms with E-state index in [2.05, 4.69) is 4.74 Å². The van der Waals surface area contributed by atoms with Gasteiger partial charge in [-0.05, 0) is 13.3 Å². The predicted molar refractivity (Wildman–Crippen MR) is 41.6 cm³/mol. The Kier molecular flexibility index (Phi) is 5.84. The lowest BCUT2D eigenvalue weighted by Gasteiger charge is -1.99. The standard InChI is InChI=1S/C7H11ClO3/c1-6(9)3-2-4-11-7(10)5-8/h2-5H2,1H3. The summed E-state index contributed by atoms with van der Waals surface area (Å²) in [5, 5.41) is 0. The normalized spacial score (nSPS) is 9.27. The fourth-order valence-electron chi connectivity index (χ4n) is 0.546. The molecule has 3 nitrogen and oxygen atoms in total. The van der Waals surface area contributed by atoms with Crippen molar-refractivity contribution >= 4 is 23.4 Å². The number of ketones is 1. The highest BCUT2D eigenvalue weighted by Gasteiger charge is 1.99. The number of halogens is 1. The lowest BCUT2D eigenvalue weighted by Crippen LogP contribution is -2.07. The van der Waals surface area contributed by atoms with E-state index in [9.17, 15) is 9.59 Å². The molecule has 0 aromatic carbocycles. The zero-order valence-electron chi connectivity index (χ0n) is 6.43. The van der Waals surface area contributed by atoms with E-state index in [1.807, 2.05) is 0 Å². The fraction of sp³-hybridized carbons (Fsp3) is 0.714. The van der Waals surface area contributed by atoms with Crippen molar-refractivity contribution in [3.05, 3.63) is 0 Å². The van der Waals surface area contributed by atoms with Crippen LogP contribution in [0, 0.1) is 0 Å². The molecule has 0 aromatic heterocycles. The molecule has 0 aromatic rings. The van der Waals surface area contributed by atoms with E-state index in [1.54, 1.807) is 0 Å². The highest BCUT2D eigenvalue weighted by molar-refractivity contribution is 6.26. The number of carbonyl (C=O) groups excluding carboxylic acids is 2.